The van der Waals surface area contributed by atoms with Gasteiger partial charge in [-0.3, -0.25) is 89.8 Å². The highest BCUT2D eigenvalue weighted by Gasteiger charge is 2.31. The van der Waals surface area contributed by atoms with Crippen LogP contribution in [0.2, 0.25) is 0 Å². The summed E-state index contributed by atoms with van der Waals surface area (Å²) >= 11 is 0. The van der Waals surface area contributed by atoms with Crippen molar-refractivity contribution in [3.8, 4) is 135 Å². The van der Waals surface area contributed by atoms with Crippen molar-refractivity contribution in [1.29, 1.82) is 0 Å². The minimum atomic E-state index is -0.231. The van der Waals surface area contributed by atoms with Crippen LogP contribution in [0.15, 0.2) is 271 Å². The average Bonchev–Trinajstić information content (AvgIpc) is 1.63. The van der Waals surface area contributed by atoms with E-state index in [1.165, 1.54) is 4.90 Å². The first-order chi connectivity index (χ1) is 73.0. The topological polar surface area (TPSA) is 562 Å². The molecule has 0 spiro atoms. The summed E-state index contributed by atoms with van der Waals surface area (Å²) in [6.07, 6.45) is 51.0. The van der Waals surface area contributed by atoms with E-state index in [4.69, 9.17) is 19.9 Å². The number of likely N-dealkylation sites (N-methyl/N-ethyl adjacent to an activating group) is 1. The van der Waals surface area contributed by atoms with Gasteiger partial charge in [0, 0.05) is 254 Å². The maximum atomic E-state index is 12.8. The van der Waals surface area contributed by atoms with Gasteiger partial charge in [0.25, 0.3) is 0 Å². The summed E-state index contributed by atoms with van der Waals surface area (Å²) in [6, 6.07) is 30.6. The lowest BCUT2D eigenvalue weighted by atomic mass is 10.1. The van der Waals surface area contributed by atoms with Crippen LogP contribution in [0.25, 0.3) is 223 Å². The van der Waals surface area contributed by atoms with Gasteiger partial charge in [-0.1, -0.05) is 26.0 Å². The maximum absolute atomic E-state index is 12.8. The Hall–Kier alpha value is -20.4. The number of aromatic nitrogens is 32. The van der Waals surface area contributed by atoms with Crippen LogP contribution in [0.3, 0.4) is 0 Å². The molecule has 43 nitrogen and oxygen atoms in total. The van der Waals surface area contributed by atoms with Gasteiger partial charge >= 0.3 is 12.1 Å². The van der Waals surface area contributed by atoms with E-state index in [9.17, 15) is 19.2 Å². The van der Waals surface area contributed by atoms with Crippen LogP contribution in [0, 0.1) is 11.8 Å². The van der Waals surface area contributed by atoms with E-state index in [0.29, 0.717) is 105 Å². The largest absolute Gasteiger partial charge is 0.335 e. The van der Waals surface area contributed by atoms with Crippen LogP contribution in [-0.4, -0.2) is 246 Å². The number of hydrogen-bond acceptors (Lipinski definition) is 29. The van der Waals surface area contributed by atoms with Gasteiger partial charge in [-0.05, 0) is 122 Å². The summed E-state index contributed by atoms with van der Waals surface area (Å²) in [5.41, 5.74) is 28.2. The molecular weight excluding hydrogens is 1880 g/mol. The Morgan fingerprint density at radius 3 is 1.00 bits per heavy atom. The molecule has 2 aliphatic rings. The third-order valence-corrected chi connectivity index (χ3v) is 25.2. The van der Waals surface area contributed by atoms with E-state index in [2.05, 4.69) is 174 Å². The molecule has 24 aromatic heterocycles. The van der Waals surface area contributed by atoms with Crippen molar-refractivity contribution < 1.29 is 19.2 Å². The number of hydrogen-bond donors (Lipinski definition) is 12. The highest BCUT2D eigenvalue weighted by Crippen LogP contribution is 2.41. The molecule has 1 saturated carbocycles. The molecule has 24 aromatic rings. The van der Waals surface area contributed by atoms with E-state index >= 15 is 0 Å². The smallest absolute Gasteiger partial charge is 0.321 e. The Morgan fingerprint density at radius 2 is 0.664 bits per heavy atom. The third kappa shape index (κ3) is 19.6. The summed E-state index contributed by atoms with van der Waals surface area (Å²) in [5.74, 6) is 2.92. The second-order valence-corrected chi connectivity index (χ2v) is 36.2. The molecule has 149 heavy (non-hydrogen) atoms. The minimum absolute atomic E-state index is 0.0373. The van der Waals surface area contributed by atoms with Gasteiger partial charge in [0.2, 0.25) is 11.8 Å². The third-order valence-electron chi connectivity index (χ3n) is 25.2. The van der Waals surface area contributed by atoms with E-state index in [0.717, 1.165) is 186 Å². The number of carbonyl (C=O) groups excluding carboxylic acids is 4. The zero-order chi connectivity index (χ0) is 101. The van der Waals surface area contributed by atoms with E-state index in [-0.39, 0.29) is 35.7 Å². The van der Waals surface area contributed by atoms with Crippen LogP contribution in [0.1, 0.15) is 33.1 Å². The Labute approximate surface area is 843 Å². The fourth-order valence-corrected chi connectivity index (χ4v) is 17.4. The van der Waals surface area contributed by atoms with Gasteiger partial charge < -0.3 is 55.9 Å². The summed E-state index contributed by atoms with van der Waals surface area (Å²) in [6.45, 7) is 7.13. The Balaban J connectivity index is 0.000000109. The summed E-state index contributed by atoms with van der Waals surface area (Å²) < 4.78 is 0. The molecule has 25 heterocycles. The molecule has 0 aromatic carbocycles. The van der Waals surface area contributed by atoms with Crippen LogP contribution in [0.5, 0.6) is 0 Å². The molecule has 12 N–H and O–H groups in total. The Kier molecular flexibility index (Phi) is 24.9. The first-order valence-corrected chi connectivity index (χ1v) is 47.5. The van der Waals surface area contributed by atoms with Gasteiger partial charge in [0.15, 0.2) is 45.9 Å². The number of piperazine rings is 1. The standard InChI is InChI=1S/C28H25N11O.C27H23N9O.C26H19N9O.C25H20N10O/c1-38-6-8-39(9-7-38)28(40)33-20-10-18(12-30-14-20)19-11-21-25(36-37-26(21)32-13-19)27-34-23-16-31-15-22(24(23)35-27)17-2-4-29-5-3-17;1-15(2)6-23(37)32-19-7-17(10-29-12-19)18-8-20-25(35-36-26(20)31-11-18)27-33-22-14-30-13-21(24(22)34-27)16-4-3-5-28-9-16;36-26(14-3-4-14)31-18-6-16(9-28-11-18)17-7-19-23(34-35-24(19)30-10-17)25-32-21-13-29-12-20(22(21)33-25)15-2-1-5-27-8-15;1-35(2)25(36)30-17-7-15(9-27-11-17)16-8-18-22(33-34-23(18)29-10-16)24-31-20-13-28-12-19(21(20)32-24)14-3-5-26-6-4-14/h2-5,10-16H,6-9H2,1H3,(H,33,40)(H,34,35)(H,32,36,37);3-5,7-15H,6H2,1-2H3,(H,32,37)(H,33,34)(H,31,35,36);1-2,5-14H,3-4H2,(H,31,36)(H,32,33)(H,30,34,35);3-13H,1-2H3,(H,30,36)(H,31,32)(H,29,33,34). The lowest BCUT2D eigenvalue weighted by molar-refractivity contribution is -0.117. The number of H-pyrrole nitrogens is 8. The monoisotopic (exact) mass is 1970 g/mol. The molecule has 1 saturated heterocycles. The zero-order valence-electron chi connectivity index (χ0n) is 80.2. The highest BCUT2D eigenvalue weighted by atomic mass is 16.2. The first kappa shape index (κ1) is 92.3. The number of anilines is 4. The van der Waals surface area contributed by atoms with Gasteiger partial charge in [0.05, 0.1) is 127 Å². The average molecular weight is 1970 g/mol. The lowest BCUT2D eigenvalue weighted by Crippen LogP contribution is -2.48. The lowest BCUT2D eigenvalue weighted by Gasteiger charge is -2.32. The number of fused-ring (bicyclic) bond motifs is 8. The number of urea groups is 2. The number of aromatic amines is 8. The van der Waals surface area contributed by atoms with Crippen molar-refractivity contribution in [2.24, 2.45) is 11.8 Å². The van der Waals surface area contributed by atoms with Crippen LogP contribution >= 0.6 is 0 Å². The summed E-state index contributed by atoms with van der Waals surface area (Å²) in [5, 5.41) is 44.7. The molecule has 730 valence electrons. The Morgan fingerprint density at radius 1 is 0.342 bits per heavy atom. The Bertz CT molecular complexity index is 8890. The number of pyridine rings is 16. The van der Waals surface area contributed by atoms with Crippen molar-refractivity contribution in [2.45, 2.75) is 33.1 Å². The molecule has 2 fully saturated rings. The second-order valence-electron chi connectivity index (χ2n) is 36.2. The van der Waals surface area contributed by atoms with Crippen molar-refractivity contribution in [1.82, 2.24) is 175 Å². The number of rotatable bonds is 19. The molecular formula is C106H87N39O4. The SMILES string of the molecule is CC(C)CC(=O)Nc1cncc(-c2cnc3n[nH]c(-c4nc5c(-c6cccnc6)cncc5[nH]4)c3c2)c1.CN(C)C(=O)Nc1cncc(-c2cnc3n[nH]c(-c4nc5c(-c6ccncc6)cncc5[nH]4)c3c2)c1.CN1CCN(C(=O)Nc2cncc(-c3cnc4n[nH]c(-c5nc6c(-c7ccncc7)cncc6[nH]5)c4c3)c2)CC1.O=C(Nc1cncc(-c2cnc3n[nH]c(-c4nc5c(-c6cccnc6)cncc5[nH]4)c3c2)c1)C1CC1. The fraction of sp³-hybridized carbons (Fsp3) is 0.132. The number of imidazole rings is 4. The normalized spacial score (nSPS) is 12.6. The maximum Gasteiger partial charge on any atom is 0.321 e. The van der Waals surface area contributed by atoms with Crippen LogP contribution in [0.4, 0.5) is 32.3 Å². The van der Waals surface area contributed by atoms with E-state index < -0.39 is 0 Å². The molecule has 1 aliphatic carbocycles. The minimum Gasteiger partial charge on any atom is -0.335 e. The van der Waals surface area contributed by atoms with Crippen LogP contribution in [-0.2, 0) is 9.59 Å². The summed E-state index contributed by atoms with van der Waals surface area (Å²) in [7, 11) is 5.42. The molecule has 0 bridgehead atoms. The zero-order valence-corrected chi connectivity index (χ0v) is 80.2. The molecule has 43 heteroatoms. The quantitative estimate of drug-likeness (QED) is 0.0358. The molecule has 6 amide bonds. The highest BCUT2D eigenvalue weighted by molar-refractivity contribution is 6.04. The van der Waals surface area contributed by atoms with E-state index in [1.54, 1.807) is 188 Å². The second kappa shape index (κ2) is 40.2. The van der Waals surface area contributed by atoms with Crippen molar-refractivity contribution >= 4 is 135 Å². The number of amides is 6. The van der Waals surface area contributed by atoms with E-state index in [1.807, 2.05) is 116 Å². The van der Waals surface area contributed by atoms with Gasteiger partial charge in [-0.15, -0.1) is 0 Å². The van der Waals surface area contributed by atoms with Gasteiger partial charge in [-0.2, -0.15) is 20.4 Å². The predicted octanol–water partition coefficient (Wildman–Crippen LogP) is 17.3. The summed E-state index contributed by atoms with van der Waals surface area (Å²) in [4.78, 5) is 157. The van der Waals surface area contributed by atoms with Gasteiger partial charge in [0.1, 0.15) is 33.8 Å². The molecule has 26 rings (SSSR count). The van der Waals surface area contributed by atoms with Crippen molar-refractivity contribution in [3.05, 3.63) is 271 Å². The number of nitrogens with one attached hydrogen (secondary N) is 12. The number of nitrogens with zero attached hydrogens (tertiary/aromatic N) is 27. The fourth-order valence-electron chi connectivity index (χ4n) is 17.4. The molecule has 0 atom stereocenters. The predicted molar refractivity (Wildman–Crippen MR) is 563 cm³/mol. The van der Waals surface area contributed by atoms with Crippen LogP contribution < -0.4 is 21.3 Å². The van der Waals surface area contributed by atoms with Crippen molar-refractivity contribution in [2.75, 3.05) is 68.6 Å². The number of carbonyl (C=O) groups is 4. The van der Waals surface area contributed by atoms with Gasteiger partial charge in [-0.25, -0.2) is 49.5 Å². The molecule has 1 aliphatic heterocycles. The molecule has 0 radical (unpaired) electrons. The first-order valence-electron chi connectivity index (χ1n) is 47.5. The molecule has 0 unspecified atom stereocenters. The van der Waals surface area contributed by atoms with Crippen molar-refractivity contribution in [3.63, 3.8) is 0 Å².